The van der Waals surface area contributed by atoms with Crippen molar-refractivity contribution in [3.63, 3.8) is 0 Å². The highest BCUT2D eigenvalue weighted by atomic mass is 79.9. The topological polar surface area (TPSA) is 59.2 Å². The van der Waals surface area contributed by atoms with Crippen molar-refractivity contribution < 1.29 is 4.79 Å². The average Bonchev–Trinajstić information content (AvgIpc) is 2.46. The molecule has 0 radical (unpaired) electrons. The Bertz CT molecular complexity index is 604. The number of nitrogens with zero attached hydrogens (tertiary/aromatic N) is 2. The van der Waals surface area contributed by atoms with Crippen molar-refractivity contribution >= 4 is 45.0 Å². The Balaban J connectivity index is 1.98. The molecule has 0 bridgehead atoms. The van der Waals surface area contributed by atoms with E-state index in [9.17, 15) is 4.79 Å². The smallest absolute Gasteiger partial charge is 0.237 e. The second kappa shape index (κ2) is 6.76. The second-order valence-electron chi connectivity index (χ2n) is 4.12. The number of halogens is 1. The van der Waals surface area contributed by atoms with Crippen LogP contribution in [0, 0.1) is 0 Å². The zero-order valence-electron chi connectivity index (χ0n) is 10.9. The third kappa shape index (κ3) is 3.74. The van der Waals surface area contributed by atoms with Crippen LogP contribution in [-0.4, -0.2) is 23.7 Å². The van der Waals surface area contributed by atoms with Crippen molar-refractivity contribution in [2.24, 2.45) is 0 Å². The number of amides is 1. The van der Waals surface area contributed by atoms with E-state index in [2.05, 4.69) is 20.9 Å². The van der Waals surface area contributed by atoms with Crippen molar-refractivity contribution in [2.45, 2.75) is 5.03 Å². The van der Waals surface area contributed by atoms with Gasteiger partial charge in [-0.3, -0.25) is 4.79 Å². The summed E-state index contributed by atoms with van der Waals surface area (Å²) in [5.74, 6) is 0.341. The molecule has 1 aromatic carbocycles. The highest BCUT2D eigenvalue weighted by molar-refractivity contribution is 9.10. The van der Waals surface area contributed by atoms with Gasteiger partial charge in [0.1, 0.15) is 5.03 Å². The fourth-order valence-corrected chi connectivity index (χ4v) is 2.94. The molecule has 6 heteroatoms. The summed E-state index contributed by atoms with van der Waals surface area (Å²) >= 11 is 4.82. The summed E-state index contributed by atoms with van der Waals surface area (Å²) in [6.07, 6.45) is 1.71. The van der Waals surface area contributed by atoms with Crippen molar-refractivity contribution in [3.8, 4) is 0 Å². The van der Waals surface area contributed by atoms with E-state index in [1.54, 1.807) is 30.3 Å². The van der Waals surface area contributed by atoms with Crippen molar-refractivity contribution in [1.82, 2.24) is 4.98 Å². The standard InChI is InChI=1S/C14H14BrN3OS/c1-18(11-6-4-10(16)5-7-11)13(19)9-20-14-12(15)3-2-8-17-14/h2-8H,9,16H2,1H3. The third-order valence-electron chi connectivity index (χ3n) is 2.71. The van der Waals surface area contributed by atoms with Crippen LogP contribution in [0.1, 0.15) is 0 Å². The molecule has 0 saturated heterocycles. The first-order valence-corrected chi connectivity index (χ1v) is 7.71. The third-order valence-corrected chi connectivity index (χ3v) is 4.60. The van der Waals surface area contributed by atoms with Gasteiger partial charge in [-0.25, -0.2) is 4.98 Å². The summed E-state index contributed by atoms with van der Waals surface area (Å²) in [5, 5.41) is 0.812. The molecule has 0 atom stereocenters. The van der Waals surface area contributed by atoms with Crippen LogP contribution in [0.2, 0.25) is 0 Å². The molecule has 104 valence electrons. The highest BCUT2D eigenvalue weighted by Gasteiger charge is 2.12. The maximum Gasteiger partial charge on any atom is 0.237 e. The van der Waals surface area contributed by atoms with Gasteiger partial charge in [0.25, 0.3) is 0 Å². The van der Waals surface area contributed by atoms with Gasteiger partial charge in [0.2, 0.25) is 5.91 Å². The van der Waals surface area contributed by atoms with Crippen molar-refractivity contribution in [3.05, 3.63) is 47.1 Å². The largest absolute Gasteiger partial charge is 0.399 e. The number of anilines is 2. The van der Waals surface area contributed by atoms with Crippen LogP contribution in [0.5, 0.6) is 0 Å². The number of nitrogen functional groups attached to an aromatic ring is 1. The van der Waals surface area contributed by atoms with Gasteiger partial charge >= 0.3 is 0 Å². The van der Waals surface area contributed by atoms with E-state index in [4.69, 9.17) is 5.73 Å². The SMILES string of the molecule is CN(C(=O)CSc1ncccc1Br)c1ccc(N)cc1. The molecule has 20 heavy (non-hydrogen) atoms. The van der Waals surface area contributed by atoms with Crippen LogP contribution in [-0.2, 0) is 4.79 Å². The summed E-state index contributed by atoms with van der Waals surface area (Å²) in [6, 6.07) is 11.0. The number of hydrogen-bond donors (Lipinski definition) is 1. The van der Waals surface area contributed by atoms with E-state index in [0.29, 0.717) is 11.4 Å². The molecule has 2 aromatic rings. The van der Waals surface area contributed by atoms with E-state index >= 15 is 0 Å². The van der Waals surface area contributed by atoms with Crippen LogP contribution in [0.25, 0.3) is 0 Å². The predicted molar refractivity (Wildman–Crippen MR) is 86.9 cm³/mol. The maximum absolute atomic E-state index is 12.1. The Morgan fingerprint density at radius 2 is 2.05 bits per heavy atom. The van der Waals surface area contributed by atoms with Gasteiger partial charge in [-0.1, -0.05) is 11.8 Å². The number of benzene rings is 1. The fraction of sp³-hybridized carbons (Fsp3) is 0.143. The Hall–Kier alpha value is -1.53. The number of hydrogen-bond acceptors (Lipinski definition) is 4. The highest BCUT2D eigenvalue weighted by Crippen LogP contribution is 2.25. The number of nitrogens with two attached hydrogens (primary N) is 1. The molecule has 1 amide bonds. The van der Waals surface area contributed by atoms with Crippen LogP contribution in [0.4, 0.5) is 11.4 Å². The second-order valence-corrected chi connectivity index (χ2v) is 5.94. The molecule has 4 nitrogen and oxygen atoms in total. The first kappa shape index (κ1) is 14.9. The minimum Gasteiger partial charge on any atom is -0.399 e. The molecule has 1 heterocycles. The van der Waals surface area contributed by atoms with E-state index < -0.39 is 0 Å². The van der Waals surface area contributed by atoms with Gasteiger partial charge in [-0.2, -0.15) is 0 Å². The minimum atomic E-state index is 0.0114. The lowest BCUT2D eigenvalue weighted by molar-refractivity contribution is -0.115. The first-order valence-electron chi connectivity index (χ1n) is 5.93. The van der Waals surface area contributed by atoms with Crippen LogP contribution < -0.4 is 10.6 Å². The molecule has 2 rings (SSSR count). The predicted octanol–water partition coefficient (Wildman–Crippen LogP) is 3.18. The van der Waals surface area contributed by atoms with Gasteiger partial charge in [0.05, 0.1) is 5.75 Å². The lowest BCUT2D eigenvalue weighted by Gasteiger charge is -2.17. The Morgan fingerprint density at radius 1 is 1.35 bits per heavy atom. The number of aromatic nitrogens is 1. The van der Waals surface area contributed by atoms with Crippen molar-refractivity contribution in [2.75, 3.05) is 23.4 Å². The zero-order chi connectivity index (χ0) is 14.5. The van der Waals surface area contributed by atoms with Gasteiger partial charge in [0.15, 0.2) is 0 Å². The summed E-state index contributed by atoms with van der Waals surface area (Å²) < 4.78 is 0.896. The van der Waals surface area contributed by atoms with Crippen LogP contribution >= 0.6 is 27.7 Å². The first-order chi connectivity index (χ1) is 9.58. The van der Waals surface area contributed by atoms with Gasteiger partial charge in [-0.15, -0.1) is 0 Å². The molecule has 0 fully saturated rings. The van der Waals surface area contributed by atoms with Gasteiger partial charge in [-0.05, 0) is 52.3 Å². The molecule has 2 N–H and O–H groups in total. The van der Waals surface area contributed by atoms with Crippen LogP contribution in [0.3, 0.4) is 0 Å². The lowest BCUT2D eigenvalue weighted by atomic mass is 10.2. The molecule has 0 aliphatic rings. The number of thioether (sulfide) groups is 1. The number of pyridine rings is 1. The average molecular weight is 352 g/mol. The minimum absolute atomic E-state index is 0.0114. The molecule has 0 aliphatic carbocycles. The summed E-state index contributed by atoms with van der Waals surface area (Å²) in [5.41, 5.74) is 7.14. The Morgan fingerprint density at radius 3 is 2.70 bits per heavy atom. The van der Waals surface area contributed by atoms with E-state index in [-0.39, 0.29) is 5.91 Å². The number of carbonyl (C=O) groups excluding carboxylic acids is 1. The quantitative estimate of drug-likeness (QED) is 0.678. The van der Waals surface area contributed by atoms with Gasteiger partial charge < -0.3 is 10.6 Å². The zero-order valence-corrected chi connectivity index (χ0v) is 13.3. The molecule has 1 aromatic heterocycles. The molecule has 0 saturated carbocycles. The molecular weight excluding hydrogens is 338 g/mol. The Labute approximate surface area is 130 Å². The Kier molecular flexibility index (Phi) is 5.03. The monoisotopic (exact) mass is 351 g/mol. The van der Waals surface area contributed by atoms with Gasteiger partial charge in [0, 0.05) is 29.1 Å². The fourth-order valence-electron chi connectivity index (χ4n) is 1.55. The van der Waals surface area contributed by atoms with Crippen molar-refractivity contribution in [1.29, 1.82) is 0 Å². The number of rotatable bonds is 4. The number of carbonyl (C=O) groups is 1. The normalized spacial score (nSPS) is 10.3. The van der Waals surface area contributed by atoms with Crippen LogP contribution in [0.15, 0.2) is 52.1 Å². The molecular formula is C14H14BrN3OS. The van der Waals surface area contributed by atoms with E-state index in [0.717, 1.165) is 15.2 Å². The summed E-state index contributed by atoms with van der Waals surface area (Å²) in [4.78, 5) is 18.0. The molecule has 0 spiro atoms. The lowest BCUT2D eigenvalue weighted by Crippen LogP contribution is -2.27. The maximum atomic E-state index is 12.1. The summed E-state index contributed by atoms with van der Waals surface area (Å²) in [7, 11) is 1.75. The van der Waals surface area contributed by atoms with E-state index in [1.807, 2.05) is 24.3 Å². The molecule has 0 unspecified atom stereocenters. The van der Waals surface area contributed by atoms with E-state index in [1.165, 1.54) is 11.8 Å². The summed E-state index contributed by atoms with van der Waals surface area (Å²) in [6.45, 7) is 0. The molecule has 0 aliphatic heterocycles.